The second-order valence-corrected chi connectivity index (χ2v) is 7.06. The molecule has 1 aliphatic rings. The highest BCUT2D eigenvalue weighted by molar-refractivity contribution is 5.77. The molecule has 150 valence electrons. The minimum atomic E-state index is -0.580. The largest absolute Gasteiger partial charge is 0.419 e. The van der Waals surface area contributed by atoms with E-state index in [1.165, 1.54) is 22.8 Å². The van der Waals surface area contributed by atoms with Gasteiger partial charge in [0.15, 0.2) is 5.58 Å². The third-order valence-corrected chi connectivity index (χ3v) is 5.30. The van der Waals surface area contributed by atoms with Crippen LogP contribution in [0.4, 0.5) is 5.69 Å². The van der Waals surface area contributed by atoms with Gasteiger partial charge >= 0.3 is 5.76 Å². The maximum atomic E-state index is 12.8. The summed E-state index contributed by atoms with van der Waals surface area (Å²) in [6.45, 7) is 1.03. The summed E-state index contributed by atoms with van der Waals surface area (Å²) in [5.41, 5.74) is 1.62. The van der Waals surface area contributed by atoms with Crippen LogP contribution >= 0.6 is 0 Å². The Bertz CT molecular complexity index is 1110. The third kappa shape index (κ3) is 3.75. The van der Waals surface area contributed by atoms with Gasteiger partial charge in [0.25, 0.3) is 5.69 Å². The van der Waals surface area contributed by atoms with Crippen LogP contribution in [0.15, 0.2) is 51.9 Å². The van der Waals surface area contributed by atoms with Crippen LogP contribution < -0.4 is 5.76 Å². The minimum Gasteiger partial charge on any atom is -0.407 e. The molecule has 9 heteroatoms. The van der Waals surface area contributed by atoms with Crippen molar-refractivity contribution in [2.45, 2.75) is 38.3 Å². The number of hydrogen-bond acceptors (Lipinski definition) is 6. The number of aromatic nitrogens is 2. The highest BCUT2D eigenvalue weighted by atomic mass is 16.6. The molecular formula is C20H20N4O5. The van der Waals surface area contributed by atoms with Gasteiger partial charge in [0.1, 0.15) is 0 Å². The van der Waals surface area contributed by atoms with E-state index in [1.54, 1.807) is 12.4 Å². The van der Waals surface area contributed by atoms with Gasteiger partial charge in [-0.05, 0) is 43.0 Å². The first-order valence-electron chi connectivity index (χ1n) is 9.52. The Hall–Kier alpha value is -3.49. The van der Waals surface area contributed by atoms with E-state index in [4.69, 9.17) is 4.42 Å². The highest BCUT2D eigenvalue weighted by Crippen LogP contribution is 2.32. The molecule has 0 saturated carbocycles. The number of pyridine rings is 1. The molecular weight excluding hydrogens is 376 g/mol. The number of carbonyl (C=O) groups excluding carboxylic acids is 1. The average molecular weight is 396 g/mol. The van der Waals surface area contributed by atoms with Gasteiger partial charge in [-0.15, -0.1) is 0 Å². The van der Waals surface area contributed by atoms with Crippen LogP contribution in [0.3, 0.4) is 0 Å². The van der Waals surface area contributed by atoms with Crippen LogP contribution in [0.5, 0.6) is 0 Å². The summed E-state index contributed by atoms with van der Waals surface area (Å²) in [7, 11) is 0. The number of likely N-dealkylation sites (tertiary alicyclic amines) is 1. The zero-order valence-corrected chi connectivity index (χ0v) is 15.7. The number of non-ortho nitro benzene ring substituents is 1. The van der Waals surface area contributed by atoms with Crippen molar-refractivity contribution in [3.05, 3.63) is 69.0 Å². The molecule has 9 nitrogen and oxygen atoms in total. The summed E-state index contributed by atoms with van der Waals surface area (Å²) in [6, 6.07) is 8.02. The maximum Gasteiger partial charge on any atom is 0.419 e. The van der Waals surface area contributed by atoms with Gasteiger partial charge in [-0.25, -0.2) is 4.79 Å². The summed E-state index contributed by atoms with van der Waals surface area (Å²) >= 11 is 0. The number of nitro groups is 1. The van der Waals surface area contributed by atoms with Crippen molar-refractivity contribution >= 4 is 22.7 Å². The van der Waals surface area contributed by atoms with E-state index in [-0.39, 0.29) is 23.2 Å². The first-order chi connectivity index (χ1) is 14.0. The normalized spacial score (nSPS) is 16.4. The lowest BCUT2D eigenvalue weighted by Crippen LogP contribution is -2.30. The zero-order chi connectivity index (χ0) is 20.4. The van der Waals surface area contributed by atoms with Crippen molar-refractivity contribution in [2.75, 3.05) is 6.54 Å². The summed E-state index contributed by atoms with van der Waals surface area (Å²) in [5.74, 6) is -0.524. The van der Waals surface area contributed by atoms with Crippen LogP contribution in [0.2, 0.25) is 0 Å². The first-order valence-corrected chi connectivity index (χ1v) is 9.52. The minimum absolute atomic E-state index is 0.0563. The van der Waals surface area contributed by atoms with Crippen molar-refractivity contribution in [3.8, 4) is 0 Å². The van der Waals surface area contributed by atoms with Gasteiger partial charge in [0, 0.05) is 38.0 Å². The number of benzene rings is 1. The van der Waals surface area contributed by atoms with Gasteiger partial charge in [0.05, 0.1) is 22.5 Å². The summed E-state index contributed by atoms with van der Waals surface area (Å²) in [6.07, 6.45) is 6.15. The van der Waals surface area contributed by atoms with Gasteiger partial charge in [0.2, 0.25) is 5.91 Å². The fourth-order valence-corrected chi connectivity index (χ4v) is 3.91. The smallest absolute Gasteiger partial charge is 0.407 e. The quantitative estimate of drug-likeness (QED) is 0.468. The lowest BCUT2D eigenvalue weighted by atomic mass is 10.1. The Morgan fingerprint density at radius 1 is 1.28 bits per heavy atom. The van der Waals surface area contributed by atoms with E-state index < -0.39 is 10.7 Å². The molecule has 1 saturated heterocycles. The Labute approximate surface area is 165 Å². The van der Waals surface area contributed by atoms with E-state index in [1.807, 2.05) is 17.0 Å². The SMILES string of the molecule is O=C(CCCn1c(=O)oc2cc([N+](=O)[O-])ccc21)N1CCCC1c1ccncc1. The Kier molecular flexibility index (Phi) is 5.11. The number of amides is 1. The molecule has 1 aliphatic heterocycles. The van der Waals surface area contributed by atoms with E-state index in [9.17, 15) is 19.7 Å². The van der Waals surface area contributed by atoms with Gasteiger partial charge in [-0.2, -0.15) is 0 Å². The van der Waals surface area contributed by atoms with Crippen molar-refractivity contribution < 1.29 is 14.1 Å². The molecule has 1 fully saturated rings. The predicted octanol–water partition coefficient (Wildman–Crippen LogP) is 3.04. The molecule has 2 aromatic heterocycles. The Morgan fingerprint density at radius 2 is 2.07 bits per heavy atom. The molecule has 1 aromatic carbocycles. The van der Waals surface area contributed by atoms with Crippen LogP contribution in [0.25, 0.3) is 11.1 Å². The standard InChI is InChI=1S/C20H20N4O5/c25-19(22-11-1-3-16(22)14-7-9-21-10-8-14)4-2-12-23-17-6-5-15(24(27)28)13-18(17)29-20(23)26/h5-10,13,16H,1-4,11-12H2. The molecule has 4 rings (SSSR count). The van der Waals surface area contributed by atoms with Gasteiger partial charge in [-0.1, -0.05) is 0 Å². The maximum absolute atomic E-state index is 12.8. The van der Waals surface area contributed by atoms with Crippen LogP contribution in [0, 0.1) is 10.1 Å². The van der Waals surface area contributed by atoms with E-state index in [0.717, 1.165) is 24.9 Å². The number of carbonyl (C=O) groups is 1. The van der Waals surface area contributed by atoms with Crippen LogP contribution in [0.1, 0.15) is 37.3 Å². The number of nitrogens with zero attached hydrogens (tertiary/aromatic N) is 4. The molecule has 0 bridgehead atoms. The topological polar surface area (TPSA) is 111 Å². The molecule has 0 aliphatic carbocycles. The summed E-state index contributed by atoms with van der Waals surface area (Å²) < 4.78 is 6.54. The van der Waals surface area contributed by atoms with Gasteiger partial charge < -0.3 is 9.32 Å². The number of aryl methyl sites for hydroxylation is 1. The molecule has 1 atom stereocenters. The van der Waals surface area contributed by atoms with E-state index in [2.05, 4.69) is 4.98 Å². The summed E-state index contributed by atoms with van der Waals surface area (Å²) in [5, 5.41) is 10.9. The monoisotopic (exact) mass is 396 g/mol. The molecule has 0 radical (unpaired) electrons. The molecule has 3 heterocycles. The lowest BCUT2D eigenvalue weighted by molar-refractivity contribution is -0.384. The Balaban J connectivity index is 1.42. The molecule has 1 unspecified atom stereocenters. The molecule has 0 spiro atoms. The van der Waals surface area contributed by atoms with Crippen molar-refractivity contribution in [2.24, 2.45) is 0 Å². The lowest BCUT2D eigenvalue weighted by Gasteiger charge is -2.25. The number of fused-ring (bicyclic) bond motifs is 1. The predicted molar refractivity (Wildman–Crippen MR) is 104 cm³/mol. The van der Waals surface area contributed by atoms with Crippen molar-refractivity contribution in [1.29, 1.82) is 0 Å². The number of hydrogen-bond donors (Lipinski definition) is 0. The van der Waals surface area contributed by atoms with Crippen LogP contribution in [-0.4, -0.2) is 31.8 Å². The number of nitro benzene ring substituents is 1. The molecule has 29 heavy (non-hydrogen) atoms. The fourth-order valence-electron chi connectivity index (χ4n) is 3.91. The Morgan fingerprint density at radius 3 is 2.83 bits per heavy atom. The van der Waals surface area contributed by atoms with E-state index in [0.29, 0.717) is 24.9 Å². The zero-order valence-electron chi connectivity index (χ0n) is 15.7. The third-order valence-electron chi connectivity index (χ3n) is 5.30. The second kappa shape index (κ2) is 7.86. The van der Waals surface area contributed by atoms with Crippen molar-refractivity contribution in [1.82, 2.24) is 14.5 Å². The molecule has 0 N–H and O–H groups in total. The highest BCUT2D eigenvalue weighted by Gasteiger charge is 2.29. The number of rotatable bonds is 6. The van der Waals surface area contributed by atoms with Crippen LogP contribution in [-0.2, 0) is 11.3 Å². The first kappa shape index (κ1) is 18.9. The number of oxazole rings is 1. The van der Waals surface area contributed by atoms with Crippen molar-refractivity contribution in [3.63, 3.8) is 0 Å². The second-order valence-electron chi connectivity index (χ2n) is 7.06. The van der Waals surface area contributed by atoms with Gasteiger partial charge in [-0.3, -0.25) is 24.5 Å². The average Bonchev–Trinajstić information content (AvgIpc) is 3.33. The molecule has 1 amide bonds. The molecule has 3 aromatic rings. The fraction of sp³-hybridized carbons (Fsp3) is 0.350. The van der Waals surface area contributed by atoms with E-state index >= 15 is 0 Å². The summed E-state index contributed by atoms with van der Waals surface area (Å²) in [4.78, 5) is 41.1.